The molecule has 0 aliphatic rings. The van der Waals surface area contributed by atoms with E-state index in [0.717, 1.165) is 11.3 Å². The number of nitrogens with zero attached hydrogens (tertiary/aromatic N) is 1. The molecule has 15 heavy (non-hydrogen) atoms. The molecule has 0 amide bonds. The molecule has 3 nitrogen and oxygen atoms in total. The summed E-state index contributed by atoms with van der Waals surface area (Å²) in [6.45, 7) is 1.87. The summed E-state index contributed by atoms with van der Waals surface area (Å²) >= 11 is 0. The fourth-order valence-electron chi connectivity index (χ4n) is 1.32. The predicted molar refractivity (Wildman–Crippen MR) is 59.7 cm³/mol. The lowest BCUT2D eigenvalue weighted by molar-refractivity contribution is 0.408. The molecule has 3 heteroatoms. The number of aromatic nitrogens is 1. The van der Waals surface area contributed by atoms with E-state index < -0.39 is 0 Å². The normalized spacial score (nSPS) is 11.7. The Hall–Kier alpha value is -2.03. The maximum absolute atomic E-state index is 5.91. The third kappa shape index (κ3) is 2.26. The van der Waals surface area contributed by atoms with Crippen LogP contribution in [0.4, 0.5) is 0 Å². The first-order chi connectivity index (χ1) is 7.25. The summed E-state index contributed by atoms with van der Waals surface area (Å²) in [4.78, 5) is 0. The average molecular weight is 200 g/mol. The van der Waals surface area contributed by atoms with Gasteiger partial charge in [0.15, 0.2) is 5.76 Å². The van der Waals surface area contributed by atoms with Crippen molar-refractivity contribution in [3.05, 3.63) is 53.4 Å². The Morgan fingerprint density at radius 2 is 2.07 bits per heavy atom. The van der Waals surface area contributed by atoms with E-state index >= 15 is 0 Å². The van der Waals surface area contributed by atoms with Crippen LogP contribution in [0, 0.1) is 6.92 Å². The zero-order valence-electron chi connectivity index (χ0n) is 8.47. The Morgan fingerprint density at radius 1 is 1.33 bits per heavy atom. The van der Waals surface area contributed by atoms with Crippen LogP contribution in [0.5, 0.6) is 0 Å². The monoisotopic (exact) mass is 200 g/mol. The highest BCUT2D eigenvalue weighted by Crippen LogP contribution is 2.13. The molecule has 0 aliphatic heterocycles. The van der Waals surface area contributed by atoms with Crippen molar-refractivity contribution < 1.29 is 4.52 Å². The van der Waals surface area contributed by atoms with Gasteiger partial charge in [-0.3, -0.25) is 0 Å². The second-order valence-electron chi connectivity index (χ2n) is 3.34. The van der Waals surface area contributed by atoms with Crippen LogP contribution in [-0.2, 0) is 0 Å². The van der Waals surface area contributed by atoms with Crippen LogP contribution >= 0.6 is 0 Å². The summed E-state index contributed by atoms with van der Waals surface area (Å²) in [6, 6.07) is 11.6. The molecule has 2 N–H and O–H groups in total. The molecule has 1 aromatic carbocycles. The third-order valence-corrected chi connectivity index (χ3v) is 2.05. The van der Waals surface area contributed by atoms with Crippen LogP contribution in [0.1, 0.15) is 17.0 Å². The highest BCUT2D eigenvalue weighted by molar-refractivity contribution is 5.77. The molecule has 76 valence electrons. The molecule has 0 saturated heterocycles. The lowest BCUT2D eigenvalue weighted by Crippen LogP contribution is -1.94. The molecule has 0 fully saturated rings. The van der Waals surface area contributed by atoms with Crippen LogP contribution in [0.2, 0.25) is 0 Å². The molecular formula is C12H12N2O. The van der Waals surface area contributed by atoms with E-state index in [1.165, 1.54) is 0 Å². The van der Waals surface area contributed by atoms with Gasteiger partial charge in [-0.2, -0.15) is 0 Å². The topological polar surface area (TPSA) is 52.0 Å². The first-order valence-corrected chi connectivity index (χ1v) is 4.71. The second-order valence-corrected chi connectivity index (χ2v) is 3.34. The maximum Gasteiger partial charge on any atom is 0.161 e. The molecule has 0 saturated carbocycles. The van der Waals surface area contributed by atoms with Gasteiger partial charge in [0.25, 0.3) is 0 Å². The quantitative estimate of drug-likeness (QED) is 0.810. The van der Waals surface area contributed by atoms with Gasteiger partial charge < -0.3 is 10.3 Å². The standard InChI is InChI=1S/C12H12N2O/c1-9-7-11(15-14-9)8-12(13)10-5-3-2-4-6-10/h2-8H,13H2,1H3. The summed E-state index contributed by atoms with van der Waals surface area (Å²) in [5.74, 6) is 0.675. The molecule has 0 bridgehead atoms. The van der Waals surface area contributed by atoms with E-state index in [-0.39, 0.29) is 0 Å². The van der Waals surface area contributed by atoms with Gasteiger partial charge in [-0.1, -0.05) is 35.5 Å². The predicted octanol–water partition coefficient (Wildman–Crippen LogP) is 2.44. The molecule has 0 spiro atoms. The Morgan fingerprint density at radius 3 is 2.67 bits per heavy atom. The number of aryl methyl sites for hydroxylation is 1. The third-order valence-electron chi connectivity index (χ3n) is 2.05. The van der Waals surface area contributed by atoms with Crippen molar-refractivity contribution >= 4 is 11.8 Å². The molecule has 0 atom stereocenters. The molecule has 0 unspecified atom stereocenters. The van der Waals surface area contributed by atoms with Crippen molar-refractivity contribution in [1.29, 1.82) is 0 Å². The summed E-state index contributed by atoms with van der Waals surface area (Å²) in [5.41, 5.74) is 8.41. The molecule has 0 aliphatic carbocycles. The number of hydrogen-bond donors (Lipinski definition) is 1. The Labute approximate surface area is 88.2 Å². The van der Waals surface area contributed by atoms with Crippen molar-refractivity contribution in [3.63, 3.8) is 0 Å². The van der Waals surface area contributed by atoms with E-state index in [1.54, 1.807) is 6.08 Å². The van der Waals surface area contributed by atoms with E-state index in [0.29, 0.717) is 11.5 Å². The summed E-state index contributed by atoms with van der Waals surface area (Å²) < 4.78 is 5.05. The summed E-state index contributed by atoms with van der Waals surface area (Å²) in [6.07, 6.45) is 1.77. The van der Waals surface area contributed by atoms with E-state index in [9.17, 15) is 0 Å². The Bertz CT molecular complexity index is 471. The first kappa shape index (κ1) is 9.52. The number of benzene rings is 1. The largest absolute Gasteiger partial charge is 0.398 e. The summed E-state index contributed by atoms with van der Waals surface area (Å²) in [5, 5.41) is 3.79. The lowest BCUT2D eigenvalue weighted by atomic mass is 10.1. The van der Waals surface area contributed by atoms with Crippen LogP contribution in [0.3, 0.4) is 0 Å². The fourth-order valence-corrected chi connectivity index (χ4v) is 1.32. The van der Waals surface area contributed by atoms with Gasteiger partial charge in [0.05, 0.1) is 5.69 Å². The number of rotatable bonds is 2. The van der Waals surface area contributed by atoms with Crippen molar-refractivity contribution in [2.24, 2.45) is 5.73 Å². The molecule has 0 radical (unpaired) electrons. The number of hydrogen-bond acceptors (Lipinski definition) is 3. The Balaban J connectivity index is 2.28. The second kappa shape index (κ2) is 4.00. The molecule has 1 heterocycles. The molecule has 1 aromatic heterocycles. The van der Waals surface area contributed by atoms with Crippen LogP contribution in [0.15, 0.2) is 40.9 Å². The lowest BCUT2D eigenvalue weighted by Gasteiger charge is -1.98. The zero-order valence-corrected chi connectivity index (χ0v) is 8.47. The smallest absolute Gasteiger partial charge is 0.161 e. The Kier molecular flexibility index (Phi) is 2.54. The van der Waals surface area contributed by atoms with Crippen molar-refractivity contribution in [2.75, 3.05) is 0 Å². The van der Waals surface area contributed by atoms with Gasteiger partial charge in [0, 0.05) is 17.8 Å². The van der Waals surface area contributed by atoms with Gasteiger partial charge in [-0.15, -0.1) is 0 Å². The fraction of sp³-hybridized carbons (Fsp3) is 0.0833. The maximum atomic E-state index is 5.91. The van der Waals surface area contributed by atoms with E-state index in [1.807, 2.05) is 43.3 Å². The van der Waals surface area contributed by atoms with Gasteiger partial charge in [0.1, 0.15) is 0 Å². The van der Waals surface area contributed by atoms with E-state index in [2.05, 4.69) is 5.16 Å². The van der Waals surface area contributed by atoms with Gasteiger partial charge in [0.2, 0.25) is 0 Å². The van der Waals surface area contributed by atoms with Crippen molar-refractivity contribution in [2.45, 2.75) is 6.92 Å². The van der Waals surface area contributed by atoms with Gasteiger partial charge in [-0.25, -0.2) is 0 Å². The average Bonchev–Trinajstić information content (AvgIpc) is 2.65. The summed E-state index contributed by atoms with van der Waals surface area (Å²) in [7, 11) is 0. The highest BCUT2D eigenvalue weighted by atomic mass is 16.5. The molecule has 2 aromatic rings. The minimum absolute atomic E-state index is 0.673. The van der Waals surface area contributed by atoms with Crippen molar-refractivity contribution in [3.8, 4) is 0 Å². The van der Waals surface area contributed by atoms with Crippen LogP contribution in [0.25, 0.3) is 11.8 Å². The molecule has 2 rings (SSSR count). The molecular weight excluding hydrogens is 188 g/mol. The van der Waals surface area contributed by atoms with Gasteiger partial charge in [-0.05, 0) is 12.5 Å². The van der Waals surface area contributed by atoms with Crippen LogP contribution < -0.4 is 5.73 Å². The highest BCUT2D eigenvalue weighted by Gasteiger charge is 1.99. The zero-order chi connectivity index (χ0) is 10.7. The minimum atomic E-state index is 0.673. The SMILES string of the molecule is Cc1cc(C=C(N)c2ccccc2)on1. The first-order valence-electron chi connectivity index (χ1n) is 4.71. The van der Waals surface area contributed by atoms with E-state index in [4.69, 9.17) is 10.3 Å². The van der Waals surface area contributed by atoms with Crippen LogP contribution in [-0.4, -0.2) is 5.16 Å². The number of nitrogens with two attached hydrogens (primary N) is 1. The van der Waals surface area contributed by atoms with Crippen molar-refractivity contribution in [1.82, 2.24) is 5.16 Å². The van der Waals surface area contributed by atoms with Gasteiger partial charge >= 0.3 is 0 Å². The minimum Gasteiger partial charge on any atom is -0.398 e.